The van der Waals surface area contributed by atoms with Gasteiger partial charge in [0.15, 0.2) is 5.96 Å². The minimum absolute atomic E-state index is 0.0000342. The van der Waals surface area contributed by atoms with Crippen LogP contribution in [-0.4, -0.2) is 108 Å². The second kappa shape index (κ2) is 22.4. The van der Waals surface area contributed by atoms with Crippen molar-refractivity contribution < 1.29 is 33.6 Å². The van der Waals surface area contributed by atoms with E-state index in [9.17, 15) is 33.6 Å². The number of rotatable bonds is 12. The van der Waals surface area contributed by atoms with Crippen LogP contribution < -0.4 is 43.8 Å². The number of para-hydroxylation sites is 1. The van der Waals surface area contributed by atoms with Crippen molar-refractivity contribution >= 4 is 58.2 Å². The highest BCUT2D eigenvalue weighted by atomic mass is 16.2. The molecule has 0 fully saturated rings. The molecule has 18 nitrogen and oxygen atoms in total. The van der Waals surface area contributed by atoms with Crippen LogP contribution in [0.25, 0.3) is 10.9 Å². The number of aromatic amines is 1. The summed E-state index contributed by atoms with van der Waals surface area (Å²) in [6.07, 6.45) is 1.95. The number of amides is 7. The van der Waals surface area contributed by atoms with Crippen molar-refractivity contribution in [1.82, 2.24) is 36.5 Å². The molecular weight excluding hydrogens is 831 g/mol. The molecule has 12 N–H and O–H groups in total. The molecule has 4 aromatic carbocycles. The molecule has 1 aromatic heterocycles. The Morgan fingerprint density at radius 1 is 0.615 bits per heavy atom. The smallest absolute Gasteiger partial charge is 0.251 e. The topological polar surface area (TPSA) is 289 Å². The van der Waals surface area contributed by atoms with E-state index in [0.717, 1.165) is 21.4 Å². The fourth-order valence-corrected chi connectivity index (χ4v) is 7.52. The number of hydrogen-bond acceptors (Lipinski definition) is 8. The predicted molar refractivity (Wildman–Crippen MR) is 244 cm³/mol. The van der Waals surface area contributed by atoms with Crippen LogP contribution in [0, 0.1) is 0 Å². The number of hydrogen-bond donors (Lipinski definition) is 9. The van der Waals surface area contributed by atoms with Crippen LogP contribution >= 0.6 is 0 Å². The van der Waals surface area contributed by atoms with Gasteiger partial charge in [0.05, 0.1) is 6.54 Å². The van der Waals surface area contributed by atoms with E-state index in [1.165, 1.54) is 24.3 Å². The summed E-state index contributed by atoms with van der Waals surface area (Å²) in [5, 5.41) is 14.8. The fourth-order valence-electron chi connectivity index (χ4n) is 7.52. The van der Waals surface area contributed by atoms with Crippen LogP contribution in [0.1, 0.15) is 50.2 Å². The highest BCUT2D eigenvalue weighted by Crippen LogP contribution is 2.20. The summed E-state index contributed by atoms with van der Waals surface area (Å²) in [4.78, 5) is 106. The van der Waals surface area contributed by atoms with Gasteiger partial charge in [0, 0.05) is 67.1 Å². The maximum Gasteiger partial charge on any atom is 0.251 e. The standard InChI is InChI=1S/C47H53N11O7/c48-40(59)28-58-23-22-51-41(60)31-17-19-32(20-18-31)42(61)55-37(24-29-10-3-1-4-11-29)45(64)56-38(25-30-12-5-2-6-13-30)44(63)54-36(16-9-21-52-47(49)50)43(62)57-39(46(58)65)26-33-27-53-35-15-8-7-14-34(33)35/h1-8,10-15,17-20,27,36-39,53H,9,16,21-26,28H2,(H2,48,59)(H,51,60)(H,54,63)(H,55,61)(H,56,64)(H,57,62)(H4,49,50,52)/t36-,37-,38+,39-/m0/s1. The van der Waals surface area contributed by atoms with Gasteiger partial charge in [0.1, 0.15) is 24.2 Å². The summed E-state index contributed by atoms with van der Waals surface area (Å²) in [7, 11) is 0. The zero-order valence-electron chi connectivity index (χ0n) is 35.6. The van der Waals surface area contributed by atoms with E-state index in [2.05, 4.69) is 36.6 Å². The predicted octanol–water partition coefficient (Wildman–Crippen LogP) is 0.560. The van der Waals surface area contributed by atoms with Gasteiger partial charge >= 0.3 is 0 Å². The number of guanidine groups is 1. The van der Waals surface area contributed by atoms with Crippen molar-refractivity contribution in [2.24, 2.45) is 22.2 Å². The van der Waals surface area contributed by atoms with E-state index in [-0.39, 0.29) is 68.8 Å². The molecule has 0 spiro atoms. The quantitative estimate of drug-likeness (QED) is 0.0366. The SMILES string of the molecule is NC(=O)CN1CCNC(=O)c2ccc(cc2)C(=O)N[C@@H](Cc2ccccc2)C(=O)N[C@H](Cc2ccccc2)C(=O)N[C@@H](CCCN=C(N)N)C(=O)N[C@@H](Cc2c[nH]c3ccccc23)C1=O. The molecule has 5 aromatic rings. The Hall–Kier alpha value is -8.02. The summed E-state index contributed by atoms with van der Waals surface area (Å²) in [6.45, 7) is -0.720. The zero-order chi connectivity index (χ0) is 46.3. The fraction of sp³-hybridized carbons (Fsp3) is 0.277. The molecular formula is C47H53N11O7. The van der Waals surface area contributed by atoms with E-state index in [0.29, 0.717) is 11.1 Å². The summed E-state index contributed by atoms with van der Waals surface area (Å²) in [6, 6.07) is 26.1. The van der Waals surface area contributed by atoms with Crippen LogP contribution in [-0.2, 0) is 43.2 Å². The minimum Gasteiger partial charge on any atom is -0.370 e. The van der Waals surface area contributed by atoms with E-state index in [4.69, 9.17) is 17.2 Å². The number of H-pyrrole nitrogens is 1. The van der Waals surface area contributed by atoms with Crippen molar-refractivity contribution in [3.63, 3.8) is 0 Å². The second-order valence-corrected chi connectivity index (χ2v) is 15.7. The molecule has 3 heterocycles. The highest BCUT2D eigenvalue weighted by Gasteiger charge is 2.34. The van der Waals surface area contributed by atoms with Crippen molar-refractivity contribution in [3.05, 3.63) is 143 Å². The van der Waals surface area contributed by atoms with Gasteiger partial charge in [-0.3, -0.25) is 38.6 Å². The average molecular weight is 884 g/mol. The molecule has 2 bridgehead atoms. The largest absolute Gasteiger partial charge is 0.370 e. The Morgan fingerprint density at radius 3 is 1.77 bits per heavy atom. The van der Waals surface area contributed by atoms with Gasteiger partial charge in [-0.1, -0.05) is 78.9 Å². The van der Waals surface area contributed by atoms with Crippen LogP contribution in [0.5, 0.6) is 0 Å². The molecule has 2 aliphatic rings. The highest BCUT2D eigenvalue weighted by molar-refractivity contribution is 6.01. The van der Waals surface area contributed by atoms with Gasteiger partial charge < -0.3 is 53.7 Å². The Labute approximate surface area is 375 Å². The van der Waals surface area contributed by atoms with Crippen LogP contribution in [0.3, 0.4) is 0 Å². The third-order valence-electron chi connectivity index (χ3n) is 10.8. The third kappa shape index (κ3) is 13.2. The first-order valence-corrected chi connectivity index (χ1v) is 21.2. The van der Waals surface area contributed by atoms with Crippen LogP contribution in [0.15, 0.2) is 120 Å². The lowest BCUT2D eigenvalue weighted by atomic mass is 10.0. The van der Waals surface area contributed by atoms with Crippen LogP contribution in [0.2, 0.25) is 0 Å². The summed E-state index contributed by atoms with van der Waals surface area (Å²) in [5.41, 5.74) is 20.0. The maximum absolute atomic E-state index is 14.6. The molecule has 4 atom stereocenters. The molecule has 0 radical (unpaired) electrons. The average Bonchev–Trinajstić information content (AvgIpc) is 3.71. The number of benzene rings is 4. The summed E-state index contributed by atoms with van der Waals surface area (Å²) in [5.74, 6) is -4.98. The zero-order valence-corrected chi connectivity index (χ0v) is 35.6. The number of nitrogens with zero attached hydrogens (tertiary/aromatic N) is 2. The van der Waals surface area contributed by atoms with Crippen molar-refractivity contribution in [2.45, 2.75) is 56.3 Å². The van der Waals surface area contributed by atoms with Gasteiger partial charge in [-0.15, -0.1) is 0 Å². The number of aromatic nitrogens is 1. The van der Waals surface area contributed by atoms with E-state index in [1.54, 1.807) is 60.8 Å². The number of carbonyl (C=O) groups excluding carboxylic acids is 7. The van der Waals surface area contributed by atoms with Crippen molar-refractivity contribution in [3.8, 4) is 0 Å². The number of fused-ring (bicyclic) bond motifs is 20. The first kappa shape index (κ1) is 46.5. The van der Waals surface area contributed by atoms with Gasteiger partial charge in [-0.05, 0) is 59.9 Å². The molecule has 18 heteroatoms. The van der Waals surface area contributed by atoms with E-state index < -0.39 is 72.1 Å². The lowest BCUT2D eigenvalue weighted by molar-refractivity contribution is -0.139. The Morgan fingerprint density at radius 2 is 1.15 bits per heavy atom. The number of nitrogens with two attached hydrogens (primary N) is 3. The Balaban J connectivity index is 1.40. The molecule has 0 aliphatic carbocycles. The minimum atomic E-state index is -1.30. The maximum atomic E-state index is 14.6. The normalized spacial score (nSPS) is 19.2. The summed E-state index contributed by atoms with van der Waals surface area (Å²) < 4.78 is 0. The molecule has 0 unspecified atom stereocenters. The van der Waals surface area contributed by atoms with Gasteiger partial charge in [-0.2, -0.15) is 0 Å². The first-order chi connectivity index (χ1) is 31.3. The first-order valence-electron chi connectivity index (χ1n) is 21.2. The van der Waals surface area contributed by atoms with Crippen LogP contribution in [0.4, 0.5) is 0 Å². The van der Waals surface area contributed by atoms with E-state index in [1.807, 2.05) is 30.3 Å². The number of nitrogens with one attached hydrogen (secondary N) is 6. The third-order valence-corrected chi connectivity index (χ3v) is 10.8. The Kier molecular flexibility index (Phi) is 16.0. The van der Waals surface area contributed by atoms with Gasteiger partial charge in [0.25, 0.3) is 11.8 Å². The number of aliphatic imine (C=N–C) groups is 1. The molecule has 0 saturated heterocycles. The lowest BCUT2D eigenvalue weighted by Crippen LogP contribution is -2.59. The van der Waals surface area contributed by atoms with E-state index >= 15 is 0 Å². The Bertz CT molecular complexity index is 2510. The molecule has 7 rings (SSSR count). The molecule has 0 saturated carbocycles. The van der Waals surface area contributed by atoms with Gasteiger partial charge in [-0.25, -0.2) is 0 Å². The van der Waals surface area contributed by atoms with Gasteiger partial charge in [0.2, 0.25) is 29.5 Å². The lowest BCUT2D eigenvalue weighted by Gasteiger charge is -2.29. The molecule has 65 heavy (non-hydrogen) atoms. The van der Waals surface area contributed by atoms with Crippen molar-refractivity contribution in [2.75, 3.05) is 26.2 Å². The summed E-state index contributed by atoms with van der Waals surface area (Å²) >= 11 is 0. The number of primary amides is 1. The van der Waals surface area contributed by atoms with Crippen molar-refractivity contribution in [1.29, 1.82) is 0 Å². The molecule has 2 aliphatic heterocycles. The molecule has 7 amide bonds. The molecule has 338 valence electrons. The monoisotopic (exact) mass is 883 g/mol. The second-order valence-electron chi connectivity index (χ2n) is 15.7. The number of carbonyl (C=O) groups is 7.